The highest BCUT2D eigenvalue weighted by molar-refractivity contribution is 5.89. The van der Waals surface area contributed by atoms with Crippen molar-refractivity contribution in [2.75, 3.05) is 0 Å². The van der Waals surface area contributed by atoms with Gasteiger partial charge >= 0.3 is 5.97 Å². The van der Waals surface area contributed by atoms with Gasteiger partial charge in [0.05, 0.1) is 5.56 Å². The summed E-state index contributed by atoms with van der Waals surface area (Å²) < 4.78 is 44.1. The van der Waals surface area contributed by atoms with E-state index in [1.165, 1.54) is 18.2 Å². The lowest BCUT2D eigenvalue weighted by atomic mass is 9.84. The molecular formula is C20H20F3NO2. The van der Waals surface area contributed by atoms with Crippen LogP contribution in [0, 0.1) is 28.9 Å². The van der Waals surface area contributed by atoms with Gasteiger partial charge in [0.15, 0.2) is 17.5 Å². The third kappa shape index (κ3) is 6.07. The van der Waals surface area contributed by atoms with Crippen LogP contribution in [0.4, 0.5) is 13.2 Å². The predicted octanol–water partition coefficient (Wildman–Crippen LogP) is 5.39. The first-order valence-electron chi connectivity index (χ1n) is 8.58. The summed E-state index contributed by atoms with van der Waals surface area (Å²) in [7, 11) is 0. The van der Waals surface area contributed by atoms with Crippen LogP contribution in [0.3, 0.4) is 0 Å². The molecule has 0 saturated heterocycles. The van der Waals surface area contributed by atoms with Gasteiger partial charge in [-0.1, -0.05) is 12.2 Å². The highest BCUT2D eigenvalue weighted by Gasteiger charge is 2.24. The number of allylic oxidation sites excluding steroid dienone is 4. The number of ether oxygens (including phenoxy) is 1. The van der Waals surface area contributed by atoms with E-state index in [1.54, 1.807) is 0 Å². The van der Waals surface area contributed by atoms with Crippen molar-refractivity contribution >= 4 is 5.97 Å². The zero-order valence-electron chi connectivity index (χ0n) is 14.3. The lowest BCUT2D eigenvalue weighted by molar-refractivity contribution is 0.0162. The van der Waals surface area contributed by atoms with E-state index in [9.17, 15) is 18.0 Å². The van der Waals surface area contributed by atoms with Crippen molar-refractivity contribution in [3.63, 3.8) is 0 Å². The van der Waals surface area contributed by atoms with Gasteiger partial charge in [-0.25, -0.2) is 13.6 Å². The molecule has 1 fully saturated rings. The summed E-state index contributed by atoms with van der Waals surface area (Å²) in [5.74, 6) is -3.02. The second-order valence-corrected chi connectivity index (χ2v) is 6.31. The van der Waals surface area contributed by atoms with Crippen molar-refractivity contribution in [1.82, 2.24) is 0 Å². The third-order valence-electron chi connectivity index (χ3n) is 4.45. The minimum absolute atomic E-state index is 0.00816. The van der Waals surface area contributed by atoms with Gasteiger partial charge in [0, 0.05) is 0 Å². The molecule has 0 aliphatic heterocycles. The number of hydrogen-bond acceptors (Lipinski definition) is 3. The number of halogens is 3. The zero-order chi connectivity index (χ0) is 18.9. The Morgan fingerprint density at radius 1 is 1.23 bits per heavy atom. The number of carbonyl (C=O) groups is 1. The Hall–Kier alpha value is -2.55. The molecule has 0 N–H and O–H groups in total. The number of carbonyl (C=O) groups excluding carboxylic acids is 1. The molecule has 1 saturated carbocycles. The van der Waals surface area contributed by atoms with E-state index >= 15 is 0 Å². The van der Waals surface area contributed by atoms with E-state index in [0.717, 1.165) is 56.7 Å². The lowest BCUT2D eigenvalue weighted by Gasteiger charge is -2.28. The van der Waals surface area contributed by atoms with E-state index < -0.39 is 23.4 Å². The molecule has 0 amide bonds. The number of rotatable bonds is 6. The quantitative estimate of drug-likeness (QED) is 0.387. The molecule has 2 rings (SSSR count). The van der Waals surface area contributed by atoms with E-state index in [-0.39, 0.29) is 11.7 Å². The summed E-state index contributed by atoms with van der Waals surface area (Å²) in [4.78, 5) is 12.0. The molecule has 26 heavy (non-hydrogen) atoms. The van der Waals surface area contributed by atoms with Crippen LogP contribution < -0.4 is 0 Å². The first-order chi connectivity index (χ1) is 12.5. The summed E-state index contributed by atoms with van der Waals surface area (Å²) in [5.41, 5.74) is 0.00816. The maximum atomic E-state index is 13.2. The molecule has 0 spiro atoms. The van der Waals surface area contributed by atoms with Gasteiger partial charge in [0.2, 0.25) is 0 Å². The van der Waals surface area contributed by atoms with Gasteiger partial charge in [-0.05, 0) is 68.7 Å². The number of nitriles is 1. The molecule has 1 aliphatic carbocycles. The minimum atomic E-state index is -1.07. The van der Waals surface area contributed by atoms with Crippen LogP contribution in [0.2, 0.25) is 0 Å². The standard InChI is InChI=1S/C20H20F3NO2/c21-16(13-24)5-3-1-2-4-14-6-9-17(10-7-14)26-20(25)15-8-11-18(22)19(23)12-15/h1,3,5,8,11-12,14,17H,2,4,6-7,9-10H2/b3-1+,16-5-. The zero-order valence-corrected chi connectivity index (χ0v) is 14.3. The average molecular weight is 363 g/mol. The van der Waals surface area contributed by atoms with E-state index in [0.29, 0.717) is 5.92 Å². The maximum absolute atomic E-state index is 13.2. The number of hydrogen-bond donors (Lipinski definition) is 0. The van der Waals surface area contributed by atoms with Crippen LogP contribution >= 0.6 is 0 Å². The Balaban J connectivity index is 1.72. The minimum Gasteiger partial charge on any atom is -0.459 e. The molecular weight excluding hydrogens is 343 g/mol. The number of esters is 1. The van der Waals surface area contributed by atoms with Crippen molar-refractivity contribution in [2.24, 2.45) is 5.92 Å². The van der Waals surface area contributed by atoms with E-state index in [1.807, 2.05) is 6.08 Å². The topological polar surface area (TPSA) is 50.1 Å². The highest BCUT2D eigenvalue weighted by Crippen LogP contribution is 2.30. The average Bonchev–Trinajstić information content (AvgIpc) is 2.64. The Labute approximate surface area is 150 Å². The van der Waals surface area contributed by atoms with Crippen molar-refractivity contribution in [2.45, 2.75) is 44.6 Å². The highest BCUT2D eigenvalue weighted by atomic mass is 19.2. The fourth-order valence-electron chi connectivity index (χ4n) is 3.00. The summed E-state index contributed by atoms with van der Waals surface area (Å²) in [6.07, 6.45) is 9.29. The van der Waals surface area contributed by atoms with E-state index in [2.05, 4.69) is 0 Å². The molecule has 0 atom stereocenters. The van der Waals surface area contributed by atoms with Gasteiger partial charge < -0.3 is 4.74 Å². The van der Waals surface area contributed by atoms with Gasteiger partial charge in [0.1, 0.15) is 12.2 Å². The largest absolute Gasteiger partial charge is 0.459 e. The first kappa shape index (κ1) is 19.8. The second-order valence-electron chi connectivity index (χ2n) is 6.31. The van der Waals surface area contributed by atoms with Crippen molar-refractivity contribution in [1.29, 1.82) is 5.26 Å². The predicted molar refractivity (Wildman–Crippen MR) is 90.7 cm³/mol. The Bertz CT molecular complexity index is 729. The first-order valence-corrected chi connectivity index (χ1v) is 8.58. The van der Waals surface area contributed by atoms with Crippen LogP contribution in [0.5, 0.6) is 0 Å². The van der Waals surface area contributed by atoms with Gasteiger partial charge in [-0.2, -0.15) is 9.65 Å². The van der Waals surface area contributed by atoms with Crippen molar-refractivity contribution in [3.8, 4) is 6.07 Å². The van der Waals surface area contributed by atoms with Crippen LogP contribution in [0.1, 0.15) is 48.9 Å². The van der Waals surface area contributed by atoms with Crippen LogP contribution in [-0.4, -0.2) is 12.1 Å². The molecule has 0 radical (unpaired) electrons. The fourth-order valence-corrected chi connectivity index (χ4v) is 3.00. The molecule has 0 heterocycles. The summed E-state index contributed by atoms with van der Waals surface area (Å²) in [5, 5.41) is 8.28. The SMILES string of the molecule is N#C/C(F)=C/C=C/CCC1CCC(OC(=O)c2ccc(F)c(F)c2)CC1. The number of nitrogens with zero attached hydrogens (tertiary/aromatic N) is 1. The third-order valence-corrected chi connectivity index (χ3v) is 4.45. The van der Waals surface area contributed by atoms with Gasteiger partial charge in [0.25, 0.3) is 0 Å². The van der Waals surface area contributed by atoms with Crippen LogP contribution in [-0.2, 0) is 4.74 Å². The molecule has 0 unspecified atom stereocenters. The molecule has 1 aliphatic rings. The van der Waals surface area contributed by atoms with Crippen LogP contribution in [0.15, 0.2) is 42.3 Å². The monoisotopic (exact) mass is 363 g/mol. The smallest absolute Gasteiger partial charge is 0.338 e. The molecule has 1 aromatic rings. The summed E-state index contributed by atoms with van der Waals surface area (Å²) in [6.45, 7) is 0. The van der Waals surface area contributed by atoms with Gasteiger partial charge in [-0.15, -0.1) is 0 Å². The summed E-state index contributed by atoms with van der Waals surface area (Å²) >= 11 is 0. The lowest BCUT2D eigenvalue weighted by Crippen LogP contribution is -2.24. The normalized spacial score (nSPS) is 20.8. The maximum Gasteiger partial charge on any atom is 0.338 e. The second kappa shape index (κ2) is 9.81. The number of benzene rings is 1. The molecule has 0 bridgehead atoms. The molecule has 1 aromatic carbocycles. The van der Waals surface area contributed by atoms with Crippen molar-refractivity contribution in [3.05, 3.63) is 59.5 Å². The molecule has 6 heteroatoms. The Morgan fingerprint density at radius 3 is 2.62 bits per heavy atom. The van der Waals surface area contributed by atoms with Gasteiger partial charge in [-0.3, -0.25) is 0 Å². The Kier molecular flexibility index (Phi) is 7.46. The fraction of sp³-hybridized carbons (Fsp3) is 0.400. The molecule has 0 aromatic heterocycles. The molecule has 138 valence electrons. The Morgan fingerprint density at radius 2 is 1.96 bits per heavy atom. The van der Waals surface area contributed by atoms with Crippen LogP contribution in [0.25, 0.3) is 0 Å². The van der Waals surface area contributed by atoms with E-state index in [4.69, 9.17) is 10.00 Å². The van der Waals surface area contributed by atoms with Crippen molar-refractivity contribution < 1.29 is 22.7 Å². The molecule has 3 nitrogen and oxygen atoms in total. The summed E-state index contributed by atoms with van der Waals surface area (Å²) in [6, 6.07) is 4.37.